The molecule has 140 valence electrons. The lowest BCUT2D eigenvalue weighted by Gasteiger charge is -2.40. The smallest absolute Gasteiger partial charge is 0.193 e. The number of rotatable bonds is 4. The fourth-order valence-corrected chi connectivity index (χ4v) is 3.60. The Bertz CT molecular complexity index is 583. The van der Waals surface area contributed by atoms with Crippen molar-refractivity contribution >= 4 is 5.96 Å². The number of aliphatic imine (C=N–C) groups is 1. The number of hydrogen-bond acceptors (Lipinski definition) is 2. The number of benzene rings is 1. The molecular weight excluding hydrogens is 317 g/mol. The van der Waals surface area contributed by atoms with Gasteiger partial charge in [-0.05, 0) is 36.0 Å². The van der Waals surface area contributed by atoms with E-state index in [0.717, 1.165) is 31.1 Å². The zero-order valence-corrected chi connectivity index (χ0v) is 16.2. The summed E-state index contributed by atoms with van der Waals surface area (Å²) in [6.45, 7) is 9.01. The van der Waals surface area contributed by atoms with Crippen molar-refractivity contribution in [3.63, 3.8) is 0 Å². The third-order valence-corrected chi connectivity index (χ3v) is 4.70. The van der Waals surface area contributed by atoms with Gasteiger partial charge in [0.1, 0.15) is 5.82 Å². The highest BCUT2D eigenvalue weighted by molar-refractivity contribution is 5.79. The summed E-state index contributed by atoms with van der Waals surface area (Å²) in [5.41, 5.74) is 1.06. The van der Waals surface area contributed by atoms with Crippen molar-refractivity contribution in [2.24, 2.45) is 16.3 Å². The molecule has 0 aromatic heterocycles. The van der Waals surface area contributed by atoms with E-state index in [0.29, 0.717) is 12.5 Å². The normalized spacial score (nSPS) is 21.9. The second kappa shape index (κ2) is 8.65. The highest BCUT2D eigenvalue weighted by atomic mass is 19.1. The van der Waals surface area contributed by atoms with Crippen molar-refractivity contribution in [1.29, 1.82) is 0 Å². The minimum Gasteiger partial charge on any atom is -0.377 e. The van der Waals surface area contributed by atoms with Crippen LogP contribution in [0.1, 0.15) is 39.2 Å². The van der Waals surface area contributed by atoms with E-state index in [1.165, 1.54) is 12.5 Å². The number of hydrogen-bond donors (Lipinski definition) is 1. The SMILES string of the molecule is CN=C(NCC1CCCOC1C(C)(C)C)N(C)Cc1cccc(F)c1. The third kappa shape index (κ3) is 5.70. The predicted octanol–water partition coefficient (Wildman–Crippen LogP) is 3.67. The zero-order chi connectivity index (χ0) is 18.4. The lowest BCUT2D eigenvalue weighted by Crippen LogP contribution is -2.47. The van der Waals surface area contributed by atoms with Gasteiger partial charge in [0.2, 0.25) is 0 Å². The number of guanidine groups is 1. The number of halogens is 1. The van der Waals surface area contributed by atoms with Crippen molar-refractivity contribution in [3.05, 3.63) is 35.6 Å². The van der Waals surface area contributed by atoms with Crippen LogP contribution < -0.4 is 5.32 Å². The Morgan fingerprint density at radius 1 is 1.40 bits per heavy atom. The lowest BCUT2D eigenvalue weighted by molar-refractivity contribution is -0.0836. The molecule has 0 aliphatic carbocycles. The number of nitrogens with one attached hydrogen (secondary N) is 1. The Morgan fingerprint density at radius 3 is 2.80 bits per heavy atom. The molecule has 1 saturated heterocycles. The molecule has 4 nitrogen and oxygen atoms in total. The van der Waals surface area contributed by atoms with Crippen LogP contribution in [0.2, 0.25) is 0 Å². The molecule has 1 aromatic rings. The topological polar surface area (TPSA) is 36.9 Å². The first kappa shape index (κ1) is 19.7. The minimum absolute atomic E-state index is 0.129. The number of ether oxygens (including phenoxy) is 1. The van der Waals surface area contributed by atoms with Crippen LogP contribution in [0.15, 0.2) is 29.3 Å². The van der Waals surface area contributed by atoms with Crippen molar-refractivity contribution in [2.75, 3.05) is 27.2 Å². The molecular formula is C20H32FN3O. The molecule has 2 rings (SSSR count). The minimum atomic E-state index is -0.207. The summed E-state index contributed by atoms with van der Waals surface area (Å²) in [5.74, 6) is 1.08. The summed E-state index contributed by atoms with van der Waals surface area (Å²) in [7, 11) is 3.75. The predicted molar refractivity (Wildman–Crippen MR) is 101 cm³/mol. The molecule has 2 unspecified atom stereocenters. The van der Waals surface area contributed by atoms with Gasteiger partial charge in [0.25, 0.3) is 0 Å². The molecule has 0 spiro atoms. The van der Waals surface area contributed by atoms with E-state index in [4.69, 9.17) is 4.74 Å². The van der Waals surface area contributed by atoms with E-state index in [2.05, 4.69) is 31.1 Å². The maximum absolute atomic E-state index is 13.4. The quantitative estimate of drug-likeness (QED) is 0.665. The molecule has 5 heteroatoms. The van der Waals surface area contributed by atoms with Crippen molar-refractivity contribution < 1.29 is 9.13 Å². The Kier molecular flexibility index (Phi) is 6.82. The van der Waals surface area contributed by atoms with Crippen LogP contribution in [0.3, 0.4) is 0 Å². The van der Waals surface area contributed by atoms with Gasteiger partial charge in [-0.25, -0.2) is 4.39 Å². The van der Waals surface area contributed by atoms with Gasteiger partial charge in [-0.1, -0.05) is 32.9 Å². The summed E-state index contributed by atoms with van der Waals surface area (Å²) < 4.78 is 19.4. The summed E-state index contributed by atoms with van der Waals surface area (Å²) >= 11 is 0. The van der Waals surface area contributed by atoms with Gasteiger partial charge in [-0.3, -0.25) is 4.99 Å². The average Bonchev–Trinajstić information content (AvgIpc) is 2.55. The van der Waals surface area contributed by atoms with Crippen LogP contribution in [0, 0.1) is 17.2 Å². The highest BCUT2D eigenvalue weighted by Crippen LogP contribution is 2.33. The molecule has 1 aromatic carbocycles. The van der Waals surface area contributed by atoms with Gasteiger partial charge in [0.15, 0.2) is 5.96 Å². The van der Waals surface area contributed by atoms with E-state index in [1.54, 1.807) is 19.2 Å². The molecule has 2 atom stereocenters. The molecule has 1 aliphatic rings. The van der Waals surface area contributed by atoms with Crippen LogP contribution in [0.4, 0.5) is 4.39 Å². The fourth-order valence-electron chi connectivity index (χ4n) is 3.60. The summed E-state index contributed by atoms with van der Waals surface area (Å²) in [4.78, 5) is 6.39. The second-order valence-electron chi connectivity index (χ2n) is 7.97. The molecule has 1 aliphatic heterocycles. The first-order valence-corrected chi connectivity index (χ1v) is 9.09. The fraction of sp³-hybridized carbons (Fsp3) is 0.650. The maximum Gasteiger partial charge on any atom is 0.193 e. The largest absolute Gasteiger partial charge is 0.377 e. The molecule has 1 N–H and O–H groups in total. The Hall–Kier alpha value is -1.62. The van der Waals surface area contributed by atoms with Crippen LogP contribution in [0.5, 0.6) is 0 Å². The van der Waals surface area contributed by atoms with E-state index in [9.17, 15) is 4.39 Å². The zero-order valence-electron chi connectivity index (χ0n) is 16.2. The van der Waals surface area contributed by atoms with Crippen LogP contribution in [-0.2, 0) is 11.3 Å². The van der Waals surface area contributed by atoms with Gasteiger partial charge >= 0.3 is 0 Å². The first-order chi connectivity index (χ1) is 11.8. The Balaban J connectivity index is 1.94. The van der Waals surface area contributed by atoms with Gasteiger partial charge in [0, 0.05) is 39.7 Å². The third-order valence-electron chi connectivity index (χ3n) is 4.70. The first-order valence-electron chi connectivity index (χ1n) is 9.09. The number of nitrogens with zero attached hydrogens (tertiary/aromatic N) is 2. The van der Waals surface area contributed by atoms with Gasteiger partial charge in [-0.15, -0.1) is 0 Å². The molecule has 0 amide bonds. The Morgan fingerprint density at radius 2 is 2.16 bits per heavy atom. The maximum atomic E-state index is 13.4. The van der Waals surface area contributed by atoms with Crippen LogP contribution in [-0.4, -0.2) is 44.2 Å². The lowest BCUT2D eigenvalue weighted by atomic mass is 9.78. The molecule has 0 radical (unpaired) electrons. The van der Waals surface area contributed by atoms with Crippen LogP contribution >= 0.6 is 0 Å². The van der Waals surface area contributed by atoms with E-state index in [1.807, 2.05) is 18.0 Å². The van der Waals surface area contributed by atoms with Crippen molar-refractivity contribution in [2.45, 2.75) is 46.3 Å². The van der Waals surface area contributed by atoms with E-state index >= 15 is 0 Å². The van der Waals surface area contributed by atoms with Gasteiger partial charge in [0.05, 0.1) is 6.10 Å². The van der Waals surface area contributed by atoms with Crippen molar-refractivity contribution in [3.8, 4) is 0 Å². The van der Waals surface area contributed by atoms with Gasteiger partial charge in [-0.2, -0.15) is 0 Å². The molecule has 0 bridgehead atoms. The summed E-state index contributed by atoms with van der Waals surface area (Å²) in [6.07, 6.45) is 2.52. The molecule has 25 heavy (non-hydrogen) atoms. The average molecular weight is 349 g/mol. The summed E-state index contributed by atoms with van der Waals surface area (Å²) in [5, 5.41) is 3.48. The van der Waals surface area contributed by atoms with Gasteiger partial charge < -0.3 is 15.0 Å². The van der Waals surface area contributed by atoms with Crippen LogP contribution in [0.25, 0.3) is 0 Å². The van der Waals surface area contributed by atoms with Crippen molar-refractivity contribution in [1.82, 2.24) is 10.2 Å². The highest BCUT2D eigenvalue weighted by Gasteiger charge is 2.35. The Labute approximate surface area is 151 Å². The standard InChI is InChI=1S/C20H32FN3O/c1-20(2,3)18-16(9-7-11-25-18)13-23-19(22-4)24(5)14-15-8-6-10-17(21)12-15/h6,8,10,12,16,18H,7,9,11,13-14H2,1-5H3,(H,22,23). The molecule has 1 heterocycles. The molecule has 1 fully saturated rings. The summed E-state index contributed by atoms with van der Waals surface area (Å²) in [6, 6.07) is 6.69. The monoisotopic (exact) mass is 349 g/mol. The van der Waals surface area contributed by atoms with E-state index < -0.39 is 0 Å². The molecule has 0 saturated carbocycles. The van der Waals surface area contributed by atoms with E-state index in [-0.39, 0.29) is 17.3 Å². The second-order valence-corrected chi connectivity index (χ2v) is 7.97.